The minimum atomic E-state index is 0.332. The van der Waals surface area contributed by atoms with Crippen LogP contribution in [0, 0.1) is 12.3 Å². The van der Waals surface area contributed by atoms with Crippen LogP contribution >= 0.6 is 23.1 Å². The third-order valence-electron chi connectivity index (χ3n) is 5.37. The van der Waals surface area contributed by atoms with E-state index in [0.717, 1.165) is 38.9 Å². The number of terminal acetylenes is 1. The summed E-state index contributed by atoms with van der Waals surface area (Å²) in [5, 5.41) is 2.03. The Kier molecular flexibility index (Phi) is 9.97. The third-order valence-corrected chi connectivity index (χ3v) is 7.33. The number of anilines is 1. The highest BCUT2D eigenvalue weighted by atomic mass is 32.2. The molecule has 0 unspecified atom stereocenters. The molecule has 0 bridgehead atoms. The number of aromatic nitrogens is 2. The zero-order valence-electron chi connectivity index (χ0n) is 20.7. The van der Waals surface area contributed by atoms with Crippen molar-refractivity contribution in [3.05, 3.63) is 77.0 Å². The van der Waals surface area contributed by atoms with Crippen LogP contribution in [-0.2, 0) is 9.47 Å². The first-order chi connectivity index (χ1) is 18.2. The van der Waals surface area contributed by atoms with Crippen molar-refractivity contribution < 1.29 is 14.2 Å². The van der Waals surface area contributed by atoms with E-state index < -0.39 is 0 Å². The molecule has 1 aromatic carbocycles. The molecule has 190 valence electrons. The molecule has 0 radical (unpaired) electrons. The van der Waals surface area contributed by atoms with E-state index in [1.807, 2.05) is 47.9 Å². The van der Waals surface area contributed by atoms with Gasteiger partial charge >= 0.3 is 0 Å². The van der Waals surface area contributed by atoms with E-state index in [4.69, 9.17) is 36.3 Å². The number of allylic oxidation sites excluding steroid dienone is 4. The lowest BCUT2D eigenvalue weighted by atomic mass is 10.0. The van der Waals surface area contributed by atoms with Crippen molar-refractivity contribution in [2.45, 2.75) is 6.42 Å². The van der Waals surface area contributed by atoms with Crippen molar-refractivity contribution in [2.75, 3.05) is 45.0 Å². The van der Waals surface area contributed by atoms with Gasteiger partial charge in [0.1, 0.15) is 35.3 Å². The zero-order valence-corrected chi connectivity index (χ0v) is 22.3. The number of thioether (sulfide) groups is 1. The highest BCUT2D eigenvalue weighted by molar-refractivity contribution is 8.08. The molecule has 3 aromatic rings. The molecule has 0 atom stereocenters. The highest BCUT2D eigenvalue weighted by Crippen LogP contribution is 2.37. The minimum absolute atomic E-state index is 0.332. The number of nitrogens with zero attached hydrogens (tertiary/aromatic N) is 2. The van der Waals surface area contributed by atoms with Crippen LogP contribution in [0.1, 0.15) is 23.4 Å². The van der Waals surface area contributed by atoms with Gasteiger partial charge in [-0.25, -0.2) is 9.97 Å². The second kappa shape index (κ2) is 13.8. The Morgan fingerprint density at radius 3 is 2.84 bits per heavy atom. The van der Waals surface area contributed by atoms with Crippen LogP contribution < -0.4 is 10.5 Å². The van der Waals surface area contributed by atoms with Gasteiger partial charge in [-0.1, -0.05) is 36.3 Å². The second-order valence-corrected chi connectivity index (χ2v) is 10.0. The maximum atomic E-state index is 6.43. The summed E-state index contributed by atoms with van der Waals surface area (Å²) in [6, 6.07) is 11.7. The molecule has 2 N–H and O–H groups in total. The lowest BCUT2D eigenvalue weighted by Crippen LogP contribution is -2.10. The molecule has 37 heavy (non-hydrogen) atoms. The van der Waals surface area contributed by atoms with Gasteiger partial charge in [0, 0.05) is 23.3 Å². The monoisotopic (exact) mass is 531 g/mol. The topological polar surface area (TPSA) is 79.5 Å². The number of benzene rings is 1. The molecule has 0 spiro atoms. The van der Waals surface area contributed by atoms with E-state index in [-0.39, 0.29) is 0 Å². The van der Waals surface area contributed by atoms with Crippen LogP contribution in [-0.4, -0.2) is 49.3 Å². The van der Waals surface area contributed by atoms with Crippen molar-refractivity contribution in [3.63, 3.8) is 0 Å². The molecule has 0 amide bonds. The minimum Gasteiger partial charge on any atom is -0.491 e. The molecule has 0 saturated heterocycles. The Bertz CT molecular complexity index is 1320. The molecule has 8 heteroatoms. The van der Waals surface area contributed by atoms with Crippen LogP contribution in [0.3, 0.4) is 0 Å². The lowest BCUT2D eigenvalue weighted by molar-refractivity contribution is 0.0544. The van der Waals surface area contributed by atoms with Gasteiger partial charge in [0.05, 0.1) is 24.7 Å². The Morgan fingerprint density at radius 1 is 1.14 bits per heavy atom. The average molecular weight is 532 g/mol. The maximum Gasteiger partial charge on any atom is 0.150 e. The van der Waals surface area contributed by atoms with Crippen molar-refractivity contribution in [1.29, 1.82) is 0 Å². The number of rotatable bonds is 11. The van der Waals surface area contributed by atoms with Crippen LogP contribution in [0.25, 0.3) is 27.1 Å². The van der Waals surface area contributed by atoms with E-state index in [2.05, 4.69) is 24.1 Å². The van der Waals surface area contributed by atoms with Crippen molar-refractivity contribution in [2.24, 2.45) is 0 Å². The SMILES string of the molecule is C#C/C(=C\c1nc(-c2cccs2)c(C2=CC=CCCS2)nc1N)c1cccc(OCCOCCOC)c1. The molecule has 6 nitrogen and oxygen atoms in total. The van der Waals surface area contributed by atoms with Gasteiger partial charge in [0.15, 0.2) is 0 Å². The Morgan fingerprint density at radius 2 is 2.03 bits per heavy atom. The number of nitrogens with two attached hydrogens (primary N) is 1. The van der Waals surface area contributed by atoms with Crippen LogP contribution in [0.5, 0.6) is 5.75 Å². The molecule has 2 aromatic heterocycles. The largest absolute Gasteiger partial charge is 0.491 e. The van der Waals surface area contributed by atoms with Crippen LogP contribution in [0.15, 0.2) is 60.0 Å². The molecule has 0 aliphatic carbocycles. The van der Waals surface area contributed by atoms with Crippen LogP contribution in [0.4, 0.5) is 5.82 Å². The highest BCUT2D eigenvalue weighted by Gasteiger charge is 2.18. The first-order valence-corrected chi connectivity index (χ1v) is 13.8. The normalized spacial score (nSPS) is 13.6. The van der Waals surface area contributed by atoms with Gasteiger partial charge in [-0.2, -0.15) is 0 Å². The summed E-state index contributed by atoms with van der Waals surface area (Å²) in [6.45, 7) is 1.99. The summed E-state index contributed by atoms with van der Waals surface area (Å²) < 4.78 is 16.3. The molecule has 0 saturated carbocycles. The molecule has 0 fully saturated rings. The molecule has 4 rings (SSSR count). The fraction of sp³-hybridized carbons (Fsp3) is 0.241. The Hall–Kier alpha value is -3.35. The summed E-state index contributed by atoms with van der Waals surface area (Å²) in [7, 11) is 1.64. The molecular weight excluding hydrogens is 502 g/mol. The summed E-state index contributed by atoms with van der Waals surface area (Å²) in [6.07, 6.45) is 15.0. The van der Waals surface area contributed by atoms with E-state index in [9.17, 15) is 0 Å². The van der Waals surface area contributed by atoms with E-state index in [1.165, 1.54) is 0 Å². The first kappa shape index (κ1) is 26.7. The smallest absolute Gasteiger partial charge is 0.150 e. The number of hydrogen-bond acceptors (Lipinski definition) is 8. The Balaban J connectivity index is 1.62. The predicted molar refractivity (Wildman–Crippen MR) is 155 cm³/mol. The van der Waals surface area contributed by atoms with Crippen molar-refractivity contribution >= 4 is 45.5 Å². The predicted octanol–water partition coefficient (Wildman–Crippen LogP) is 6.04. The molecular formula is C29H29N3O3S2. The Labute approximate surface area is 226 Å². The molecule has 1 aliphatic heterocycles. The lowest BCUT2D eigenvalue weighted by Gasteiger charge is -2.13. The number of nitrogen functional groups attached to an aromatic ring is 1. The maximum absolute atomic E-state index is 6.43. The quantitative estimate of drug-likeness (QED) is 0.239. The van der Waals surface area contributed by atoms with Crippen LogP contribution in [0.2, 0.25) is 0 Å². The van der Waals surface area contributed by atoms with Gasteiger partial charge in [0.2, 0.25) is 0 Å². The van der Waals surface area contributed by atoms with Crippen molar-refractivity contribution in [3.8, 4) is 28.7 Å². The second-order valence-electron chi connectivity index (χ2n) is 7.95. The standard InChI is InChI=1S/C29H29N3O3S2/c1-3-21(22-9-7-10-23(19-22)35-16-15-34-14-13-33-2)20-24-29(30)32-28(25-11-5-4-6-17-36-25)27(31-24)26-12-8-18-37-26/h1,4-5,7-12,18-20H,6,13-17H2,2H3,(H2,30,32)/b21-20+. The summed E-state index contributed by atoms with van der Waals surface area (Å²) in [5.74, 6) is 4.79. The van der Waals surface area contributed by atoms with Crippen molar-refractivity contribution in [1.82, 2.24) is 9.97 Å². The fourth-order valence-corrected chi connectivity index (χ4v) is 5.21. The van der Waals surface area contributed by atoms with Gasteiger partial charge < -0.3 is 19.9 Å². The fourth-order valence-electron chi connectivity index (χ4n) is 3.57. The van der Waals surface area contributed by atoms with Gasteiger partial charge in [-0.15, -0.1) is 29.5 Å². The van der Waals surface area contributed by atoms with Gasteiger partial charge in [0.25, 0.3) is 0 Å². The number of hydrogen-bond donors (Lipinski definition) is 1. The first-order valence-electron chi connectivity index (χ1n) is 11.9. The summed E-state index contributed by atoms with van der Waals surface area (Å²) in [5.41, 5.74) is 10.0. The molecule has 1 aliphatic rings. The number of thiophene rings is 1. The number of methoxy groups -OCH3 is 1. The van der Waals surface area contributed by atoms with E-state index >= 15 is 0 Å². The van der Waals surface area contributed by atoms with Gasteiger partial charge in [-0.3, -0.25) is 0 Å². The summed E-state index contributed by atoms with van der Waals surface area (Å²) in [4.78, 5) is 11.8. The van der Waals surface area contributed by atoms with E-state index in [0.29, 0.717) is 49.3 Å². The number of ether oxygens (including phenoxy) is 3. The zero-order chi connectivity index (χ0) is 25.9. The summed E-state index contributed by atoms with van der Waals surface area (Å²) >= 11 is 3.38. The van der Waals surface area contributed by atoms with Gasteiger partial charge in [-0.05, 0) is 47.7 Å². The van der Waals surface area contributed by atoms with E-state index in [1.54, 1.807) is 30.2 Å². The third kappa shape index (κ3) is 7.34. The molecule has 3 heterocycles. The average Bonchev–Trinajstić information content (AvgIpc) is 3.32.